The maximum Gasteiger partial charge on any atom is 0.254 e. The van der Waals surface area contributed by atoms with E-state index in [0.717, 1.165) is 17.7 Å². The van der Waals surface area contributed by atoms with Crippen LogP contribution in [0.5, 0.6) is 0 Å². The van der Waals surface area contributed by atoms with Gasteiger partial charge in [0.15, 0.2) is 5.16 Å². The molecule has 1 amide bonds. The monoisotopic (exact) mass is 363 g/mol. The minimum absolute atomic E-state index is 0.0852. The fourth-order valence-corrected chi connectivity index (χ4v) is 3.98. The molecule has 7 heteroatoms. The first-order chi connectivity index (χ1) is 11.5. The number of benzene rings is 1. The number of thioether (sulfide) groups is 1. The highest BCUT2D eigenvalue weighted by atomic mass is 35.5. The molecular formula is C17H18ClN3O2S. The summed E-state index contributed by atoms with van der Waals surface area (Å²) >= 11 is 7.60. The van der Waals surface area contributed by atoms with Gasteiger partial charge in [0.2, 0.25) is 5.91 Å². The molecule has 5 nitrogen and oxygen atoms in total. The van der Waals surface area contributed by atoms with Crippen LogP contribution in [0.4, 0.5) is 5.69 Å². The number of aryl methyl sites for hydroxylation is 2. The van der Waals surface area contributed by atoms with Crippen LogP contribution in [0.1, 0.15) is 30.6 Å². The Labute approximate surface area is 149 Å². The van der Waals surface area contributed by atoms with E-state index in [-0.39, 0.29) is 23.9 Å². The number of hydrogen-bond donors (Lipinski definition) is 1. The van der Waals surface area contributed by atoms with Crippen molar-refractivity contribution >= 4 is 35.0 Å². The number of rotatable bonds is 4. The first-order valence-corrected chi connectivity index (χ1v) is 9.15. The van der Waals surface area contributed by atoms with E-state index in [4.69, 9.17) is 11.6 Å². The fraction of sp³-hybridized carbons (Fsp3) is 0.353. The second-order valence-corrected chi connectivity index (χ2v) is 7.17. The highest BCUT2D eigenvalue weighted by molar-refractivity contribution is 7.99. The molecule has 0 radical (unpaired) electrons. The number of hydrogen-bond acceptors (Lipinski definition) is 4. The van der Waals surface area contributed by atoms with E-state index in [1.165, 1.54) is 11.8 Å². The summed E-state index contributed by atoms with van der Waals surface area (Å²) in [4.78, 5) is 29.1. The number of carbonyl (C=O) groups excluding carboxylic acids is 1. The van der Waals surface area contributed by atoms with E-state index in [9.17, 15) is 9.59 Å². The van der Waals surface area contributed by atoms with Crippen molar-refractivity contribution < 1.29 is 4.79 Å². The van der Waals surface area contributed by atoms with Gasteiger partial charge in [-0.1, -0.05) is 36.4 Å². The average Bonchev–Trinajstić information content (AvgIpc) is 2.94. The zero-order chi connectivity index (χ0) is 17.3. The van der Waals surface area contributed by atoms with Gasteiger partial charge in [0.25, 0.3) is 5.56 Å². The first-order valence-electron chi connectivity index (χ1n) is 7.79. The third kappa shape index (κ3) is 3.49. The number of nitrogens with one attached hydrogen (secondary N) is 1. The summed E-state index contributed by atoms with van der Waals surface area (Å²) in [7, 11) is 0. The summed E-state index contributed by atoms with van der Waals surface area (Å²) in [5, 5.41) is 4.16. The van der Waals surface area contributed by atoms with Crippen LogP contribution in [-0.2, 0) is 11.2 Å². The average molecular weight is 364 g/mol. The molecule has 1 aromatic carbocycles. The maximum atomic E-state index is 12.3. The highest BCUT2D eigenvalue weighted by Gasteiger charge is 2.27. The molecule has 1 unspecified atom stereocenters. The van der Waals surface area contributed by atoms with E-state index in [1.807, 2.05) is 26.0 Å². The molecule has 2 heterocycles. The van der Waals surface area contributed by atoms with Crippen molar-refractivity contribution in [2.75, 3.05) is 11.1 Å². The SMILES string of the molecule is CCc1cc(=O)n2c(n1)SCC2CC(=O)Nc1ccc(C)c(Cl)c1. The minimum atomic E-state index is -0.170. The number of amides is 1. The van der Waals surface area contributed by atoms with Crippen LogP contribution in [0.3, 0.4) is 0 Å². The summed E-state index contributed by atoms with van der Waals surface area (Å²) in [6, 6.07) is 6.79. The molecule has 0 saturated carbocycles. The molecule has 0 spiro atoms. The number of aromatic nitrogens is 2. The van der Waals surface area contributed by atoms with Crippen LogP contribution in [0.2, 0.25) is 5.02 Å². The molecule has 24 heavy (non-hydrogen) atoms. The molecule has 0 bridgehead atoms. The van der Waals surface area contributed by atoms with Crippen LogP contribution in [0.25, 0.3) is 0 Å². The molecule has 1 aromatic heterocycles. The van der Waals surface area contributed by atoms with Crippen LogP contribution >= 0.6 is 23.4 Å². The number of carbonyl (C=O) groups is 1. The standard InChI is InChI=1S/C17H18ClN3O2S/c1-3-11-7-16(23)21-13(9-24-17(21)20-11)8-15(22)19-12-5-4-10(2)14(18)6-12/h4-7,13H,3,8-9H2,1-2H3,(H,19,22). The van der Waals surface area contributed by atoms with Crippen LogP contribution in [0, 0.1) is 6.92 Å². The lowest BCUT2D eigenvalue weighted by atomic mass is 10.2. The zero-order valence-corrected chi connectivity index (χ0v) is 15.1. The molecule has 1 N–H and O–H groups in total. The van der Waals surface area contributed by atoms with Crippen molar-refractivity contribution in [2.45, 2.75) is 37.9 Å². The molecule has 2 aromatic rings. The van der Waals surface area contributed by atoms with E-state index < -0.39 is 0 Å². The molecule has 3 rings (SSSR count). The summed E-state index contributed by atoms with van der Waals surface area (Å²) in [5.74, 6) is 0.539. The lowest BCUT2D eigenvalue weighted by Gasteiger charge is -2.14. The smallest absolute Gasteiger partial charge is 0.254 e. The van der Waals surface area contributed by atoms with Crippen LogP contribution in [-0.4, -0.2) is 21.2 Å². The third-order valence-corrected chi connectivity index (χ3v) is 5.49. The van der Waals surface area contributed by atoms with E-state index in [1.54, 1.807) is 16.7 Å². The first kappa shape index (κ1) is 17.0. The molecule has 0 aliphatic carbocycles. The van der Waals surface area contributed by atoms with E-state index >= 15 is 0 Å². The van der Waals surface area contributed by atoms with E-state index in [2.05, 4.69) is 10.3 Å². The molecule has 1 aliphatic heterocycles. The number of nitrogens with zero attached hydrogens (tertiary/aromatic N) is 2. The van der Waals surface area contributed by atoms with Crippen molar-refractivity contribution in [3.8, 4) is 0 Å². The molecule has 0 saturated heterocycles. The van der Waals surface area contributed by atoms with Gasteiger partial charge in [-0.15, -0.1) is 0 Å². The summed E-state index contributed by atoms with van der Waals surface area (Å²) in [6.07, 6.45) is 0.960. The minimum Gasteiger partial charge on any atom is -0.326 e. The molecule has 126 valence electrons. The Balaban J connectivity index is 1.73. The Morgan fingerprint density at radius 3 is 2.96 bits per heavy atom. The van der Waals surface area contributed by atoms with Crippen molar-refractivity contribution in [1.29, 1.82) is 0 Å². The molecule has 0 fully saturated rings. The topological polar surface area (TPSA) is 64.0 Å². The van der Waals surface area contributed by atoms with Gasteiger partial charge in [-0.2, -0.15) is 0 Å². The molecule has 1 aliphatic rings. The van der Waals surface area contributed by atoms with Crippen molar-refractivity contribution in [1.82, 2.24) is 9.55 Å². The normalized spacial score (nSPS) is 16.0. The van der Waals surface area contributed by atoms with Gasteiger partial charge in [-0.25, -0.2) is 4.98 Å². The summed E-state index contributed by atoms with van der Waals surface area (Å²) in [6.45, 7) is 3.88. The fourth-order valence-electron chi connectivity index (χ4n) is 2.63. The largest absolute Gasteiger partial charge is 0.326 e. The Bertz CT molecular complexity index is 850. The number of halogens is 1. The van der Waals surface area contributed by atoms with Gasteiger partial charge >= 0.3 is 0 Å². The third-order valence-electron chi connectivity index (χ3n) is 3.98. The van der Waals surface area contributed by atoms with Gasteiger partial charge in [0.05, 0.1) is 6.04 Å². The second kappa shape index (κ2) is 6.99. The van der Waals surface area contributed by atoms with Crippen molar-refractivity contribution in [3.63, 3.8) is 0 Å². The predicted molar refractivity (Wildman–Crippen MR) is 97.1 cm³/mol. The van der Waals surface area contributed by atoms with Gasteiger partial charge in [0, 0.05) is 34.6 Å². The molecule has 1 atom stereocenters. The Hall–Kier alpha value is -1.79. The van der Waals surface area contributed by atoms with Crippen molar-refractivity contribution in [2.24, 2.45) is 0 Å². The summed E-state index contributed by atoms with van der Waals surface area (Å²) < 4.78 is 1.63. The highest BCUT2D eigenvalue weighted by Crippen LogP contribution is 2.32. The Morgan fingerprint density at radius 1 is 1.46 bits per heavy atom. The van der Waals surface area contributed by atoms with Gasteiger partial charge in [-0.05, 0) is 31.0 Å². The molecular weight excluding hydrogens is 346 g/mol. The van der Waals surface area contributed by atoms with Crippen LogP contribution < -0.4 is 10.9 Å². The Morgan fingerprint density at radius 2 is 2.25 bits per heavy atom. The quantitative estimate of drug-likeness (QED) is 0.845. The van der Waals surface area contributed by atoms with Gasteiger partial charge in [0.1, 0.15) is 0 Å². The Kier molecular flexibility index (Phi) is 4.96. The second-order valence-electron chi connectivity index (χ2n) is 5.77. The van der Waals surface area contributed by atoms with Crippen LogP contribution in [0.15, 0.2) is 34.2 Å². The predicted octanol–water partition coefficient (Wildman–Crippen LogP) is 3.44. The summed E-state index contributed by atoms with van der Waals surface area (Å²) in [5.41, 5.74) is 2.32. The van der Waals surface area contributed by atoms with Gasteiger partial charge < -0.3 is 5.32 Å². The number of fused-ring (bicyclic) bond motifs is 1. The number of anilines is 1. The zero-order valence-electron chi connectivity index (χ0n) is 13.5. The lowest BCUT2D eigenvalue weighted by molar-refractivity contribution is -0.116. The van der Waals surface area contributed by atoms with Crippen molar-refractivity contribution in [3.05, 3.63) is 50.9 Å². The maximum absolute atomic E-state index is 12.3. The van der Waals surface area contributed by atoms with Gasteiger partial charge in [-0.3, -0.25) is 14.2 Å². The lowest BCUT2D eigenvalue weighted by Crippen LogP contribution is -2.27. The van der Waals surface area contributed by atoms with E-state index in [0.29, 0.717) is 21.6 Å².